The van der Waals surface area contributed by atoms with Crippen LogP contribution >= 0.6 is 0 Å². The average molecular weight is 442 g/mol. The molecule has 164 valence electrons. The number of morpholine rings is 1. The lowest BCUT2D eigenvalue weighted by atomic mass is 10.2. The number of nitrogens with zero attached hydrogens (tertiary/aromatic N) is 1. The summed E-state index contributed by atoms with van der Waals surface area (Å²) >= 11 is 0. The minimum Gasteiger partial charge on any atom is -0.493 e. The predicted molar refractivity (Wildman–Crippen MR) is 109 cm³/mol. The second-order valence-electron chi connectivity index (χ2n) is 7.07. The number of nitrogens with one attached hydrogen (secondary N) is 1. The second-order valence-corrected chi connectivity index (χ2v) is 8.72. The van der Waals surface area contributed by atoms with Crippen molar-refractivity contribution in [3.63, 3.8) is 0 Å². The molecule has 0 radical (unpaired) electrons. The van der Waals surface area contributed by atoms with Crippen molar-refractivity contribution in [2.75, 3.05) is 36.9 Å². The zero-order valence-corrected chi connectivity index (χ0v) is 17.9. The van der Waals surface area contributed by atoms with Gasteiger partial charge in [-0.15, -0.1) is 0 Å². The number of methoxy groups -OCH3 is 2. The van der Waals surface area contributed by atoms with Crippen molar-refractivity contribution >= 4 is 21.4 Å². The molecule has 30 heavy (non-hydrogen) atoms. The van der Waals surface area contributed by atoms with E-state index in [1.165, 1.54) is 26.4 Å². The second kappa shape index (κ2) is 8.65. The van der Waals surface area contributed by atoms with Gasteiger partial charge in [-0.25, -0.2) is 17.2 Å². The highest BCUT2D eigenvalue weighted by Crippen LogP contribution is 2.33. The summed E-state index contributed by atoms with van der Waals surface area (Å²) in [5, 5.41) is 0. The number of sulfonamides is 1. The molecule has 0 bridgehead atoms. The zero-order chi connectivity index (χ0) is 22.1. The Hall–Kier alpha value is -2.59. The Labute approximate surface area is 174 Å². The molecular formula is C20H24F2N2O5S. The molecule has 1 heterocycles. The van der Waals surface area contributed by atoms with E-state index >= 15 is 0 Å². The van der Waals surface area contributed by atoms with Crippen LogP contribution in [0.25, 0.3) is 0 Å². The topological polar surface area (TPSA) is 77.1 Å². The van der Waals surface area contributed by atoms with Crippen molar-refractivity contribution in [3.05, 3.63) is 42.0 Å². The van der Waals surface area contributed by atoms with E-state index < -0.39 is 26.6 Å². The molecule has 1 aliphatic rings. The maximum atomic E-state index is 14.7. The summed E-state index contributed by atoms with van der Waals surface area (Å²) in [6.07, 6.45) is -0.112. The van der Waals surface area contributed by atoms with Crippen LogP contribution in [0.2, 0.25) is 0 Å². The molecule has 1 fully saturated rings. The predicted octanol–water partition coefficient (Wildman–Crippen LogP) is 3.40. The third-order valence-corrected chi connectivity index (χ3v) is 6.08. The highest BCUT2D eigenvalue weighted by atomic mass is 32.2. The molecule has 2 aromatic carbocycles. The highest BCUT2D eigenvalue weighted by Gasteiger charge is 2.26. The standard InChI is InChI=1S/C20H24F2N2O5S/c1-12-10-24(11-13(2)29-12)17-6-5-14(7-15(17)21)23-30(25,26)20-9-19(28-4)18(27-3)8-16(20)22/h5-9,12-13,23H,10-11H2,1-4H3. The van der Waals surface area contributed by atoms with Crippen LogP contribution in [0.4, 0.5) is 20.2 Å². The van der Waals surface area contributed by atoms with Gasteiger partial charge in [-0.2, -0.15) is 0 Å². The Morgan fingerprint density at radius 2 is 1.60 bits per heavy atom. The van der Waals surface area contributed by atoms with Crippen LogP contribution in [0.1, 0.15) is 13.8 Å². The molecule has 7 nitrogen and oxygen atoms in total. The van der Waals surface area contributed by atoms with E-state index in [0.29, 0.717) is 18.8 Å². The molecule has 0 spiro atoms. The highest BCUT2D eigenvalue weighted by molar-refractivity contribution is 7.92. The van der Waals surface area contributed by atoms with Gasteiger partial charge < -0.3 is 19.1 Å². The molecule has 0 aliphatic carbocycles. The molecule has 0 saturated carbocycles. The Kier molecular flexibility index (Phi) is 6.37. The first kappa shape index (κ1) is 22.1. The van der Waals surface area contributed by atoms with E-state index in [0.717, 1.165) is 18.2 Å². The van der Waals surface area contributed by atoms with Crippen LogP contribution in [-0.2, 0) is 14.8 Å². The Bertz CT molecular complexity index is 1020. The van der Waals surface area contributed by atoms with E-state index in [9.17, 15) is 17.2 Å². The van der Waals surface area contributed by atoms with Gasteiger partial charge in [0.15, 0.2) is 11.5 Å². The van der Waals surface area contributed by atoms with Gasteiger partial charge >= 0.3 is 0 Å². The van der Waals surface area contributed by atoms with Crippen LogP contribution in [0.15, 0.2) is 35.2 Å². The summed E-state index contributed by atoms with van der Waals surface area (Å²) in [5.41, 5.74) is 0.317. The number of ether oxygens (including phenoxy) is 3. The molecule has 2 atom stereocenters. The van der Waals surface area contributed by atoms with Crippen LogP contribution in [0, 0.1) is 11.6 Å². The quantitative estimate of drug-likeness (QED) is 0.739. The van der Waals surface area contributed by atoms with Gasteiger partial charge in [-0.05, 0) is 26.0 Å². The Morgan fingerprint density at radius 3 is 2.17 bits per heavy atom. The fourth-order valence-electron chi connectivity index (χ4n) is 3.45. The summed E-state index contributed by atoms with van der Waals surface area (Å²) < 4.78 is 72.3. The average Bonchev–Trinajstić information content (AvgIpc) is 2.66. The number of benzene rings is 2. The summed E-state index contributed by atoms with van der Waals surface area (Å²) in [5.74, 6) is -1.51. The smallest absolute Gasteiger partial charge is 0.264 e. The van der Waals surface area contributed by atoms with E-state index in [4.69, 9.17) is 14.2 Å². The van der Waals surface area contributed by atoms with E-state index in [2.05, 4.69) is 4.72 Å². The number of hydrogen-bond acceptors (Lipinski definition) is 6. The van der Waals surface area contributed by atoms with E-state index in [1.54, 1.807) is 0 Å². The fourth-order valence-corrected chi connectivity index (χ4v) is 4.58. The van der Waals surface area contributed by atoms with Crippen LogP contribution in [0.5, 0.6) is 11.5 Å². The van der Waals surface area contributed by atoms with Crippen molar-refractivity contribution in [2.45, 2.75) is 31.0 Å². The van der Waals surface area contributed by atoms with Gasteiger partial charge in [0, 0.05) is 31.3 Å². The zero-order valence-electron chi connectivity index (χ0n) is 17.1. The number of anilines is 2. The number of rotatable bonds is 6. The molecule has 0 aromatic heterocycles. The van der Waals surface area contributed by atoms with Gasteiger partial charge in [0.2, 0.25) is 0 Å². The lowest BCUT2D eigenvalue weighted by molar-refractivity contribution is -0.00539. The molecule has 1 saturated heterocycles. The minimum absolute atomic E-state index is 0.0280. The van der Waals surface area contributed by atoms with Gasteiger partial charge in [0.25, 0.3) is 10.0 Å². The monoisotopic (exact) mass is 442 g/mol. The lowest BCUT2D eigenvalue weighted by Crippen LogP contribution is -2.45. The maximum Gasteiger partial charge on any atom is 0.264 e. The summed E-state index contributed by atoms with van der Waals surface area (Å²) in [7, 11) is -1.72. The minimum atomic E-state index is -4.33. The molecule has 1 N–H and O–H groups in total. The molecule has 0 amide bonds. The van der Waals surface area contributed by atoms with Gasteiger partial charge in [0.1, 0.15) is 16.5 Å². The Balaban J connectivity index is 1.87. The maximum absolute atomic E-state index is 14.7. The van der Waals surface area contributed by atoms with Crippen LogP contribution < -0.4 is 19.1 Å². The summed E-state index contributed by atoms with van der Waals surface area (Å²) in [6, 6.07) is 5.91. The van der Waals surface area contributed by atoms with Crippen LogP contribution in [0.3, 0.4) is 0 Å². The van der Waals surface area contributed by atoms with Crippen molar-refractivity contribution in [1.82, 2.24) is 0 Å². The first-order valence-corrected chi connectivity index (χ1v) is 10.8. The number of hydrogen-bond donors (Lipinski definition) is 1. The first-order chi connectivity index (χ1) is 14.1. The van der Waals surface area contributed by atoms with Gasteiger partial charge in [-0.1, -0.05) is 0 Å². The first-order valence-electron chi connectivity index (χ1n) is 9.29. The van der Waals surface area contributed by atoms with E-state index in [1.807, 2.05) is 18.7 Å². The molecule has 2 unspecified atom stereocenters. The van der Waals surface area contributed by atoms with Crippen molar-refractivity contribution < 1.29 is 31.4 Å². The third-order valence-electron chi connectivity index (χ3n) is 4.69. The van der Waals surface area contributed by atoms with Gasteiger partial charge in [0.05, 0.1) is 37.8 Å². The van der Waals surface area contributed by atoms with Crippen molar-refractivity contribution in [1.29, 1.82) is 0 Å². The third kappa shape index (κ3) is 4.59. The van der Waals surface area contributed by atoms with Crippen molar-refractivity contribution in [2.24, 2.45) is 0 Å². The molecule has 3 rings (SSSR count). The fraction of sp³-hybridized carbons (Fsp3) is 0.400. The van der Waals surface area contributed by atoms with E-state index in [-0.39, 0.29) is 29.4 Å². The SMILES string of the molecule is COc1cc(F)c(S(=O)(=O)Nc2ccc(N3CC(C)OC(C)C3)c(F)c2)cc1OC. The molecule has 2 aromatic rings. The summed E-state index contributed by atoms with van der Waals surface area (Å²) in [6.45, 7) is 4.84. The van der Waals surface area contributed by atoms with Crippen molar-refractivity contribution in [3.8, 4) is 11.5 Å². The Morgan fingerprint density at radius 1 is 1.00 bits per heavy atom. The van der Waals surface area contributed by atoms with Crippen LogP contribution in [-0.4, -0.2) is 47.9 Å². The largest absolute Gasteiger partial charge is 0.493 e. The van der Waals surface area contributed by atoms with Gasteiger partial charge in [-0.3, -0.25) is 4.72 Å². The molecule has 10 heteroatoms. The lowest BCUT2D eigenvalue weighted by Gasteiger charge is -2.37. The summed E-state index contributed by atoms with van der Waals surface area (Å²) in [4.78, 5) is 1.21. The molecule has 1 aliphatic heterocycles. The normalized spacial score (nSPS) is 19.5. The molecular weight excluding hydrogens is 418 g/mol. The number of halogens is 2.